The SMILES string of the molecule is CC(NC(=O)NC(CO)C(=O)O)C(=O)N1CCCC1. The molecule has 0 radical (unpaired) electrons. The van der Waals surface area contributed by atoms with Crippen molar-refractivity contribution in [3.8, 4) is 0 Å². The predicted octanol–water partition coefficient (Wildman–Crippen LogP) is -1.26. The Kier molecular flexibility index (Phi) is 5.56. The van der Waals surface area contributed by atoms with Gasteiger partial charge in [-0.1, -0.05) is 0 Å². The standard InChI is InChI=1S/C11H19N3O5/c1-7(9(16)14-4-2-3-5-14)12-11(19)13-8(6-15)10(17)18/h7-8,15H,2-6H2,1H3,(H,17,18)(H2,12,13,19). The van der Waals surface area contributed by atoms with Gasteiger partial charge in [-0.2, -0.15) is 0 Å². The van der Waals surface area contributed by atoms with E-state index in [0.717, 1.165) is 12.8 Å². The summed E-state index contributed by atoms with van der Waals surface area (Å²) in [6.45, 7) is 2.19. The van der Waals surface area contributed by atoms with Crippen LogP contribution in [-0.4, -0.2) is 64.8 Å². The Hall–Kier alpha value is -1.83. The molecule has 0 aromatic carbocycles. The van der Waals surface area contributed by atoms with Gasteiger partial charge in [-0.25, -0.2) is 9.59 Å². The van der Waals surface area contributed by atoms with Crippen molar-refractivity contribution in [1.82, 2.24) is 15.5 Å². The number of carbonyl (C=O) groups excluding carboxylic acids is 2. The number of aliphatic hydroxyl groups excluding tert-OH is 1. The van der Waals surface area contributed by atoms with E-state index >= 15 is 0 Å². The van der Waals surface area contributed by atoms with Crippen LogP contribution in [0.4, 0.5) is 4.79 Å². The van der Waals surface area contributed by atoms with Crippen LogP contribution in [0.15, 0.2) is 0 Å². The van der Waals surface area contributed by atoms with Crippen molar-refractivity contribution in [1.29, 1.82) is 0 Å². The molecule has 0 saturated carbocycles. The van der Waals surface area contributed by atoms with Gasteiger partial charge in [-0.3, -0.25) is 4.79 Å². The van der Waals surface area contributed by atoms with E-state index in [1.54, 1.807) is 4.90 Å². The van der Waals surface area contributed by atoms with Gasteiger partial charge in [0.15, 0.2) is 6.04 Å². The van der Waals surface area contributed by atoms with Crippen LogP contribution in [-0.2, 0) is 9.59 Å². The van der Waals surface area contributed by atoms with Gasteiger partial charge in [-0.15, -0.1) is 0 Å². The minimum atomic E-state index is -1.38. The molecule has 1 fully saturated rings. The molecule has 0 aromatic heterocycles. The number of carboxylic acids is 1. The Morgan fingerprint density at radius 1 is 1.21 bits per heavy atom. The number of aliphatic hydroxyl groups is 1. The molecule has 0 aliphatic carbocycles. The van der Waals surface area contributed by atoms with Crippen molar-refractivity contribution >= 4 is 17.9 Å². The normalized spacial score (nSPS) is 17.7. The lowest BCUT2D eigenvalue weighted by Crippen LogP contribution is -2.53. The van der Waals surface area contributed by atoms with Gasteiger partial charge in [0.05, 0.1) is 6.61 Å². The molecular weight excluding hydrogens is 254 g/mol. The fraction of sp³-hybridized carbons (Fsp3) is 0.727. The summed E-state index contributed by atoms with van der Waals surface area (Å²) in [6, 6.07) is -2.90. The fourth-order valence-electron chi connectivity index (χ4n) is 1.86. The fourth-order valence-corrected chi connectivity index (χ4v) is 1.86. The highest BCUT2D eigenvalue weighted by atomic mass is 16.4. The van der Waals surface area contributed by atoms with Gasteiger partial charge in [0.25, 0.3) is 0 Å². The average Bonchev–Trinajstić information content (AvgIpc) is 2.88. The Balaban J connectivity index is 2.42. The molecule has 108 valence electrons. The molecule has 2 atom stereocenters. The van der Waals surface area contributed by atoms with Crippen LogP contribution in [0, 0.1) is 0 Å². The lowest BCUT2D eigenvalue weighted by Gasteiger charge is -2.22. The van der Waals surface area contributed by atoms with Crippen molar-refractivity contribution < 1.29 is 24.6 Å². The van der Waals surface area contributed by atoms with E-state index in [4.69, 9.17) is 10.2 Å². The second-order valence-corrected chi connectivity index (χ2v) is 4.45. The Bertz CT molecular complexity index is 354. The molecular formula is C11H19N3O5. The monoisotopic (exact) mass is 273 g/mol. The maximum Gasteiger partial charge on any atom is 0.328 e. The second kappa shape index (κ2) is 6.93. The highest BCUT2D eigenvalue weighted by molar-refractivity contribution is 5.88. The summed E-state index contributed by atoms with van der Waals surface area (Å²) in [5.74, 6) is -1.53. The zero-order valence-corrected chi connectivity index (χ0v) is 10.8. The van der Waals surface area contributed by atoms with E-state index in [1.807, 2.05) is 0 Å². The van der Waals surface area contributed by atoms with Gasteiger partial charge < -0.3 is 25.7 Å². The van der Waals surface area contributed by atoms with Gasteiger partial charge in [0.2, 0.25) is 5.91 Å². The van der Waals surface area contributed by atoms with Crippen molar-refractivity contribution in [3.05, 3.63) is 0 Å². The van der Waals surface area contributed by atoms with Crippen molar-refractivity contribution in [3.63, 3.8) is 0 Å². The molecule has 1 rings (SSSR count). The summed E-state index contributed by atoms with van der Waals surface area (Å²) in [5, 5.41) is 21.9. The molecule has 3 amide bonds. The number of hydrogen-bond acceptors (Lipinski definition) is 4. The number of carboxylic acid groups (broad SMARTS) is 1. The molecule has 1 aliphatic heterocycles. The number of rotatable bonds is 5. The summed E-state index contributed by atoms with van der Waals surface area (Å²) in [6.07, 6.45) is 1.91. The van der Waals surface area contributed by atoms with Crippen LogP contribution in [0.1, 0.15) is 19.8 Å². The predicted molar refractivity (Wildman–Crippen MR) is 65.5 cm³/mol. The van der Waals surface area contributed by atoms with Gasteiger partial charge in [0, 0.05) is 13.1 Å². The third-order valence-corrected chi connectivity index (χ3v) is 2.92. The molecule has 4 N–H and O–H groups in total. The topological polar surface area (TPSA) is 119 Å². The average molecular weight is 273 g/mol. The Labute approximate surface area is 110 Å². The smallest absolute Gasteiger partial charge is 0.328 e. The maximum atomic E-state index is 11.9. The highest BCUT2D eigenvalue weighted by Gasteiger charge is 2.25. The lowest BCUT2D eigenvalue weighted by molar-refractivity contribution is -0.140. The molecule has 0 bridgehead atoms. The molecule has 2 unspecified atom stereocenters. The van der Waals surface area contributed by atoms with Crippen molar-refractivity contribution in [2.75, 3.05) is 19.7 Å². The third-order valence-electron chi connectivity index (χ3n) is 2.92. The van der Waals surface area contributed by atoms with Crippen molar-refractivity contribution in [2.45, 2.75) is 31.8 Å². The van der Waals surface area contributed by atoms with Crippen LogP contribution in [0.5, 0.6) is 0 Å². The summed E-state index contributed by atoms with van der Waals surface area (Å²) >= 11 is 0. The zero-order valence-electron chi connectivity index (χ0n) is 10.8. The van der Waals surface area contributed by atoms with Gasteiger partial charge in [0.1, 0.15) is 6.04 Å². The van der Waals surface area contributed by atoms with E-state index in [-0.39, 0.29) is 5.91 Å². The summed E-state index contributed by atoms with van der Waals surface area (Å²) in [4.78, 5) is 35.6. The number of nitrogens with one attached hydrogen (secondary N) is 2. The first-order valence-corrected chi connectivity index (χ1v) is 6.15. The largest absolute Gasteiger partial charge is 0.480 e. The minimum Gasteiger partial charge on any atom is -0.480 e. The summed E-state index contributed by atoms with van der Waals surface area (Å²) in [7, 11) is 0. The number of urea groups is 1. The number of carbonyl (C=O) groups is 3. The summed E-state index contributed by atoms with van der Waals surface area (Å²) < 4.78 is 0. The van der Waals surface area contributed by atoms with E-state index < -0.39 is 30.7 Å². The minimum absolute atomic E-state index is 0.191. The van der Waals surface area contributed by atoms with Gasteiger partial charge in [-0.05, 0) is 19.8 Å². The molecule has 8 heteroatoms. The molecule has 0 spiro atoms. The lowest BCUT2D eigenvalue weighted by atomic mass is 10.3. The van der Waals surface area contributed by atoms with E-state index in [0.29, 0.717) is 13.1 Å². The first kappa shape index (κ1) is 15.2. The van der Waals surface area contributed by atoms with Crippen LogP contribution in [0.3, 0.4) is 0 Å². The number of nitrogens with zero attached hydrogens (tertiary/aromatic N) is 1. The van der Waals surface area contributed by atoms with Crippen LogP contribution < -0.4 is 10.6 Å². The first-order chi connectivity index (χ1) is 8.95. The number of amides is 3. The van der Waals surface area contributed by atoms with E-state index in [2.05, 4.69) is 10.6 Å². The second-order valence-electron chi connectivity index (χ2n) is 4.45. The third kappa shape index (κ3) is 4.40. The summed E-state index contributed by atoms with van der Waals surface area (Å²) in [5.41, 5.74) is 0. The number of hydrogen-bond donors (Lipinski definition) is 4. The van der Waals surface area contributed by atoms with E-state index in [1.165, 1.54) is 6.92 Å². The molecule has 1 heterocycles. The van der Waals surface area contributed by atoms with E-state index in [9.17, 15) is 14.4 Å². The molecule has 8 nitrogen and oxygen atoms in total. The molecule has 0 aromatic rings. The maximum absolute atomic E-state index is 11.9. The van der Waals surface area contributed by atoms with Crippen molar-refractivity contribution in [2.24, 2.45) is 0 Å². The highest BCUT2D eigenvalue weighted by Crippen LogP contribution is 2.08. The number of likely N-dealkylation sites (tertiary alicyclic amines) is 1. The van der Waals surface area contributed by atoms with Gasteiger partial charge >= 0.3 is 12.0 Å². The quantitative estimate of drug-likeness (QED) is 0.498. The number of aliphatic carboxylic acids is 1. The first-order valence-electron chi connectivity index (χ1n) is 6.15. The Morgan fingerprint density at radius 2 is 1.79 bits per heavy atom. The zero-order chi connectivity index (χ0) is 14.4. The van der Waals surface area contributed by atoms with Crippen LogP contribution >= 0.6 is 0 Å². The van der Waals surface area contributed by atoms with Crippen LogP contribution in [0.2, 0.25) is 0 Å². The molecule has 1 saturated heterocycles. The van der Waals surface area contributed by atoms with Crippen LogP contribution in [0.25, 0.3) is 0 Å². The molecule has 1 aliphatic rings. The molecule has 19 heavy (non-hydrogen) atoms. The Morgan fingerprint density at radius 3 is 2.26 bits per heavy atom.